The predicted octanol–water partition coefficient (Wildman–Crippen LogP) is 4.03. The summed E-state index contributed by atoms with van der Waals surface area (Å²) in [5.41, 5.74) is 0. The Bertz CT molecular complexity index is 34.8. The quantitative estimate of drug-likeness (QED) is 0.593. The summed E-state index contributed by atoms with van der Waals surface area (Å²) in [6.07, 6.45) is 9.00. The van der Waals surface area contributed by atoms with E-state index < -0.39 is 0 Å². The van der Waals surface area contributed by atoms with E-state index in [1.165, 1.54) is 38.5 Å². The molecule has 9 heavy (non-hydrogen) atoms. The number of halogens is 2. The predicted molar refractivity (Wildman–Crippen MR) is 45.6 cm³/mol. The van der Waals surface area contributed by atoms with Gasteiger partial charge in [0.25, 0.3) is 0 Å². The van der Waals surface area contributed by atoms with Crippen molar-refractivity contribution in [2.24, 2.45) is 0 Å². The molecule has 0 spiro atoms. The van der Waals surface area contributed by atoms with E-state index in [0.29, 0.717) is 0 Å². The molecule has 0 atom stereocenters. The Labute approximate surface area is 78.5 Å². The van der Waals surface area contributed by atoms with Crippen molar-refractivity contribution in [1.29, 1.82) is 0 Å². The first-order valence-electron chi connectivity index (χ1n) is 3.53. The first-order chi connectivity index (χ1) is 4.41. The van der Waals surface area contributed by atoms with Crippen molar-refractivity contribution in [3.8, 4) is 0 Å². The van der Waals surface area contributed by atoms with Crippen molar-refractivity contribution in [1.82, 2.24) is 0 Å². The fraction of sp³-hybridized carbons (Fsp3) is 1.00. The van der Waals surface area contributed by atoms with Crippen LogP contribution in [-0.2, 0) is 13.2 Å². The molecule has 1 saturated carbocycles. The Morgan fingerprint density at radius 2 is 0.778 bits per heavy atom. The van der Waals surface area contributed by atoms with Gasteiger partial charge in [-0.25, -0.2) is 0 Å². The SMILES string of the molecule is C1CCCCC1.[Br][Zn][Br]. The molecule has 0 bridgehead atoms. The average molecular weight is 309 g/mol. The Morgan fingerprint density at radius 3 is 0.889 bits per heavy atom. The van der Waals surface area contributed by atoms with E-state index in [-0.39, 0.29) is 13.2 Å². The summed E-state index contributed by atoms with van der Waals surface area (Å²) < 4.78 is 0. The molecule has 1 rings (SSSR count). The van der Waals surface area contributed by atoms with Crippen LogP contribution in [0.1, 0.15) is 38.5 Å². The average Bonchev–Trinajstić information content (AvgIpc) is 1.93. The van der Waals surface area contributed by atoms with Crippen LogP contribution in [-0.4, -0.2) is 0 Å². The minimum absolute atomic E-state index is 0.250. The van der Waals surface area contributed by atoms with Gasteiger partial charge in [-0.1, -0.05) is 38.5 Å². The molecule has 0 aromatic heterocycles. The van der Waals surface area contributed by atoms with E-state index in [4.69, 9.17) is 0 Å². The topological polar surface area (TPSA) is 0 Å². The third-order valence-corrected chi connectivity index (χ3v) is 1.50. The molecule has 0 saturated heterocycles. The van der Waals surface area contributed by atoms with E-state index in [1.54, 1.807) is 0 Å². The van der Waals surface area contributed by atoms with Crippen LogP contribution >= 0.6 is 27.2 Å². The second kappa shape index (κ2) is 9.58. The zero-order valence-corrected chi connectivity index (χ0v) is 11.8. The van der Waals surface area contributed by atoms with Gasteiger partial charge in [-0.3, -0.25) is 0 Å². The molecule has 0 unspecified atom stereocenters. The van der Waals surface area contributed by atoms with Gasteiger partial charge < -0.3 is 0 Å². The van der Waals surface area contributed by atoms with E-state index in [2.05, 4.69) is 27.2 Å². The molecule has 52 valence electrons. The molecule has 1 fully saturated rings. The fourth-order valence-electron chi connectivity index (χ4n) is 1.06. The first-order valence-corrected chi connectivity index (χ1v) is 17.4. The molecule has 1 aliphatic rings. The van der Waals surface area contributed by atoms with Crippen LogP contribution < -0.4 is 0 Å². The summed E-state index contributed by atoms with van der Waals surface area (Å²) in [7, 11) is 0. The van der Waals surface area contributed by atoms with Gasteiger partial charge in [0, 0.05) is 0 Å². The van der Waals surface area contributed by atoms with E-state index in [1.807, 2.05) is 0 Å². The third kappa shape index (κ3) is 9.58. The van der Waals surface area contributed by atoms with E-state index >= 15 is 0 Å². The van der Waals surface area contributed by atoms with Gasteiger partial charge in [-0.2, -0.15) is 0 Å². The van der Waals surface area contributed by atoms with E-state index in [9.17, 15) is 0 Å². The molecular formula is C6H12Br2Zn. The Hall–Kier alpha value is 1.58. The Balaban J connectivity index is 0.000000187. The maximum absolute atomic E-state index is 3.25. The van der Waals surface area contributed by atoms with Crippen LogP contribution in [0.5, 0.6) is 0 Å². The van der Waals surface area contributed by atoms with Crippen molar-refractivity contribution in [2.75, 3.05) is 0 Å². The van der Waals surface area contributed by atoms with Crippen molar-refractivity contribution >= 4 is 27.2 Å². The number of rotatable bonds is 0. The van der Waals surface area contributed by atoms with Gasteiger partial charge in [0.05, 0.1) is 0 Å². The van der Waals surface area contributed by atoms with Crippen molar-refractivity contribution < 1.29 is 13.2 Å². The Kier molecular flexibility index (Phi) is 11.3. The molecule has 0 radical (unpaired) electrons. The van der Waals surface area contributed by atoms with Crippen LogP contribution in [0.2, 0.25) is 0 Å². The summed E-state index contributed by atoms with van der Waals surface area (Å²) in [4.78, 5) is 0. The normalized spacial score (nSPS) is 17.1. The van der Waals surface area contributed by atoms with Gasteiger partial charge in [0.1, 0.15) is 0 Å². The van der Waals surface area contributed by atoms with Crippen molar-refractivity contribution in [3.05, 3.63) is 0 Å². The summed E-state index contributed by atoms with van der Waals surface area (Å²) >= 11 is 6.25. The molecule has 0 nitrogen and oxygen atoms in total. The van der Waals surface area contributed by atoms with Gasteiger partial charge in [0.15, 0.2) is 0 Å². The summed E-state index contributed by atoms with van der Waals surface area (Å²) in [6.45, 7) is 0. The van der Waals surface area contributed by atoms with Crippen LogP contribution in [0.15, 0.2) is 0 Å². The fourth-order valence-corrected chi connectivity index (χ4v) is 1.06. The molecule has 0 amide bonds. The Morgan fingerprint density at radius 1 is 0.667 bits per heavy atom. The maximum atomic E-state index is 3.25. The van der Waals surface area contributed by atoms with Crippen LogP contribution in [0.25, 0.3) is 0 Å². The summed E-state index contributed by atoms with van der Waals surface area (Å²) in [5.74, 6) is 0. The zero-order valence-electron chi connectivity index (χ0n) is 5.71. The summed E-state index contributed by atoms with van der Waals surface area (Å²) in [5, 5.41) is 0. The van der Waals surface area contributed by atoms with Crippen LogP contribution in [0, 0.1) is 0 Å². The van der Waals surface area contributed by atoms with Crippen LogP contribution in [0.4, 0.5) is 0 Å². The summed E-state index contributed by atoms with van der Waals surface area (Å²) in [6, 6.07) is 0. The second-order valence-electron chi connectivity index (χ2n) is 2.22. The first kappa shape index (κ1) is 10.6. The number of hydrogen-bond acceptors (Lipinski definition) is 0. The minimum atomic E-state index is -0.250. The second-order valence-corrected chi connectivity index (χ2v) is 16.3. The molecule has 0 aliphatic heterocycles. The molecule has 0 N–H and O–H groups in total. The standard InChI is InChI=1S/C6H12.2BrH.Zn/c1-2-4-6-5-3-1;;;/h1-6H2;2*1H;/q;;;+2/p-2. The number of hydrogen-bond donors (Lipinski definition) is 0. The monoisotopic (exact) mass is 306 g/mol. The van der Waals surface area contributed by atoms with Gasteiger partial charge in [-0.05, 0) is 0 Å². The van der Waals surface area contributed by atoms with E-state index in [0.717, 1.165) is 0 Å². The third-order valence-electron chi connectivity index (χ3n) is 1.50. The van der Waals surface area contributed by atoms with Crippen LogP contribution in [0.3, 0.4) is 0 Å². The van der Waals surface area contributed by atoms with Gasteiger partial charge in [0.2, 0.25) is 0 Å². The van der Waals surface area contributed by atoms with Crippen molar-refractivity contribution in [3.63, 3.8) is 0 Å². The molecule has 0 aromatic carbocycles. The molecule has 1 aliphatic carbocycles. The van der Waals surface area contributed by atoms with Crippen molar-refractivity contribution in [2.45, 2.75) is 38.5 Å². The molecule has 0 heterocycles. The van der Waals surface area contributed by atoms with Gasteiger partial charge in [-0.15, -0.1) is 0 Å². The molecule has 0 aromatic rings. The van der Waals surface area contributed by atoms with Gasteiger partial charge >= 0.3 is 40.5 Å². The zero-order chi connectivity index (χ0) is 6.95. The molecule has 3 heteroatoms. The molecular weight excluding hydrogens is 297 g/mol.